The van der Waals surface area contributed by atoms with Crippen molar-refractivity contribution in [2.24, 2.45) is 0 Å². The first-order valence-electron chi connectivity index (χ1n) is 13.0. The van der Waals surface area contributed by atoms with Gasteiger partial charge in [-0.2, -0.15) is 13.2 Å². The fraction of sp³-hybridized carbons (Fsp3) is 0.321. The van der Waals surface area contributed by atoms with E-state index >= 15 is 0 Å². The summed E-state index contributed by atoms with van der Waals surface area (Å²) in [5, 5.41) is 15.3. The lowest BCUT2D eigenvalue weighted by molar-refractivity contribution is -0.141. The monoisotopic (exact) mass is 602 g/mol. The first-order valence-corrected chi connectivity index (χ1v) is 13.0. The fourth-order valence-corrected chi connectivity index (χ4v) is 4.70. The Kier molecular flexibility index (Phi) is 7.58. The van der Waals surface area contributed by atoms with Crippen LogP contribution in [0.3, 0.4) is 0 Å². The lowest BCUT2D eigenvalue weighted by atomic mass is 10.0. The molecule has 0 saturated carbocycles. The smallest absolute Gasteiger partial charge is 0.433 e. The van der Waals surface area contributed by atoms with Gasteiger partial charge in [-0.3, -0.25) is 9.38 Å². The van der Waals surface area contributed by atoms with Crippen molar-refractivity contribution in [3.05, 3.63) is 70.8 Å². The molecule has 1 aliphatic heterocycles. The summed E-state index contributed by atoms with van der Waals surface area (Å²) in [7, 11) is 0. The lowest BCUT2D eigenvalue weighted by Crippen LogP contribution is -2.32. The highest BCUT2D eigenvalue weighted by Crippen LogP contribution is 2.35. The third-order valence-corrected chi connectivity index (χ3v) is 6.53. The summed E-state index contributed by atoms with van der Waals surface area (Å²) in [6, 6.07) is 3.60. The number of halogens is 4. The molecule has 0 bridgehead atoms. The standard InChI is InChI=1S/C28H26F4N6O5/c1-27(2,3)43-26(41)36-9-14-8-21(28(30,31)32)33-10-16(14)18-12-35-25(38-13-37-22(23(18)38)24(39)40)34-11-17-15-6-7-42-20(15)5-4-19(17)29/h4-5,8,10,12-13H,6-7,9,11H2,1-3H3,(H,34,35)(H,36,41)(H,39,40). The average Bonchev–Trinajstić information content (AvgIpc) is 3.58. The zero-order valence-corrected chi connectivity index (χ0v) is 23.2. The molecule has 1 amide bonds. The second kappa shape index (κ2) is 11.0. The summed E-state index contributed by atoms with van der Waals surface area (Å²) in [5.74, 6) is -1.19. The van der Waals surface area contributed by atoms with E-state index in [-0.39, 0.29) is 34.7 Å². The minimum absolute atomic E-state index is 0.00725. The molecule has 0 unspecified atom stereocenters. The number of carboxylic acids is 1. The average molecular weight is 603 g/mol. The van der Waals surface area contributed by atoms with Gasteiger partial charge in [-0.05, 0) is 44.5 Å². The number of carbonyl (C=O) groups excluding carboxylic acids is 1. The molecule has 226 valence electrons. The maximum Gasteiger partial charge on any atom is 0.433 e. The van der Waals surface area contributed by atoms with Crippen molar-refractivity contribution in [3.8, 4) is 16.9 Å². The number of nitrogens with zero attached hydrogens (tertiary/aromatic N) is 4. The van der Waals surface area contributed by atoms with Crippen LogP contribution in [0.4, 0.5) is 28.3 Å². The molecule has 0 radical (unpaired) electrons. The number of hydrogen-bond acceptors (Lipinski definition) is 8. The van der Waals surface area contributed by atoms with E-state index in [4.69, 9.17) is 9.47 Å². The van der Waals surface area contributed by atoms with Gasteiger partial charge in [0.05, 0.1) is 12.1 Å². The summed E-state index contributed by atoms with van der Waals surface area (Å²) in [6.45, 7) is 4.88. The summed E-state index contributed by atoms with van der Waals surface area (Å²) in [4.78, 5) is 36.3. The highest BCUT2D eigenvalue weighted by molar-refractivity contribution is 5.99. The molecule has 1 aliphatic rings. The Balaban J connectivity index is 1.56. The second-order valence-electron chi connectivity index (χ2n) is 10.6. The molecule has 11 nitrogen and oxygen atoms in total. The number of rotatable bonds is 7. The number of nitrogens with one attached hydrogen (secondary N) is 2. The number of carboxylic acid groups (broad SMARTS) is 1. The molecule has 4 heterocycles. The van der Waals surface area contributed by atoms with Gasteiger partial charge in [-0.1, -0.05) is 0 Å². The number of ether oxygens (including phenoxy) is 2. The molecule has 3 aromatic heterocycles. The zero-order valence-electron chi connectivity index (χ0n) is 23.2. The van der Waals surface area contributed by atoms with E-state index in [2.05, 4.69) is 25.6 Å². The molecule has 5 rings (SSSR count). The van der Waals surface area contributed by atoms with Crippen LogP contribution in [-0.2, 0) is 30.4 Å². The number of alkyl halides is 3. The SMILES string of the molecule is CC(C)(C)OC(=O)NCc1cc(C(F)(F)F)ncc1-c1cnc(NCc2c(F)ccc3c2CCO3)n2cnc(C(=O)O)c12. The van der Waals surface area contributed by atoms with Gasteiger partial charge >= 0.3 is 18.2 Å². The van der Waals surface area contributed by atoms with Crippen molar-refractivity contribution in [2.45, 2.75) is 52.1 Å². The Morgan fingerprint density at radius 3 is 2.53 bits per heavy atom. The van der Waals surface area contributed by atoms with Gasteiger partial charge in [-0.25, -0.2) is 23.9 Å². The predicted molar refractivity (Wildman–Crippen MR) is 144 cm³/mol. The fourth-order valence-electron chi connectivity index (χ4n) is 4.70. The van der Waals surface area contributed by atoms with Gasteiger partial charge in [0.15, 0.2) is 5.69 Å². The minimum Gasteiger partial charge on any atom is -0.493 e. The van der Waals surface area contributed by atoms with Gasteiger partial charge in [0.2, 0.25) is 5.95 Å². The van der Waals surface area contributed by atoms with Crippen LogP contribution >= 0.6 is 0 Å². The van der Waals surface area contributed by atoms with E-state index in [1.165, 1.54) is 23.0 Å². The van der Waals surface area contributed by atoms with E-state index in [0.717, 1.165) is 12.3 Å². The van der Waals surface area contributed by atoms with E-state index in [0.29, 0.717) is 29.9 Å². The van der Waals surface area contributed by atoms with E-state index in [1.807, 2.05) is 0 Å². The number of imidazole rings is 1. The molecule has 0 aliphatic carbocycles. The van der Waals surface area contributed by atoms with Crippen molar-refractivity contribution in [3.63, 3.8) is 0 Å². The Morgan fingerprint density at radius 2 is 1.84 bits per heavy atom. The Morgan fingerprint density at radius 1 is 1.09 bits per heavy atom. The van der Waals surface area contributed by atoms with E-state index in [9.17, 15) is 32.3 Å². The van der Waals surface area contributed by atoms with Gasteiger partial charge < -0.3 is 25.2 Å². The van der Waals surface area contributed by atoms with Crippen molar-refractivity contribution in [2.75, 3.05) is 11.9 Å². The Bertz CT molecular complexity index is 1730. The topological polar surface area (TPSA) is 140 Å². The molecular formula is C28H26F4N6O5. The molecule has 4 aromatic rings. The van der Waals surface area contributed by atoms with Gasteiger partial charge in [-0.15, -0.1) is 0 Å². The first kappa shape index (κ1) is 29.5. The molecule has 3 N–H and O–H groups in total. The number of anilines is 1. The third-order valence-electron chi connectivity index (χ3n) is 6.53. The van der Waals surface area contributed by atoms with Crippen LogP contribution in [0.5, 0.6) is 5.75 Å². The van der Waals surface area contributed by atoms with Crippen LogP contribution in [0.2, 0.25) is 0 Å². The summed E-state index contributed by atoms with van der Waals surface area (Å²) < 4.78 is 67.4. The third kappa shape index (κ3) is 6.15. The van der Waals surface area contributed by atoms with Gasteiger partial charge in [0.1, 0.15) is 29.2 Å². The number of fused-ring (bicyclic) bond motifs is 2. The highest BCUT2D eigenvalue weighted by atomic mass is 19.4. The first-order chi connectivity index (χ1) is 20.2. The van der Waals surface area contributed by atoms with Crippen LogP contribution in [-0.4, -0.2) is 48.7 Å². The summed E-state index contributed by atoms with van der Waals surface area (Å²) in [5.41, 5.74) is -1.30. The summed E-state index contributed by atoms with van der Waals surface area (Å²) in [6.07, 6.45) is -1.78. The van der Waals surface area contributed by atoms with Crippen molar-refractivity contribution >= 4 is 23.5 Å². The highest BCUT2D eigenvalue weighted by Gasteiger charge is 2.34. The van der Waals surface area contributed by atoms with Crippen molar-refractivity contribution < 1.29 is 41.7 Å². The second-order valence-corrected chi connectivity index (χ2v) is 10.6. The molecule has 43 heavy (non-hydrogen) atoms. The normalized spacial score (nSPS) is 13.0. The molecule has 15 heteroatoms. The largest absolute Gasteiger partial charge is 0.493 e. The van der Waals surface area contributed by atoms with Crippen LogP contribution in [0.1, 0.15) is 53.6 Å². The molecule has 0 saturated heterocycles. The quantitative estimate of drug-likeness (QED) is 0.243. The molecular weight excluding hydrogens is 576 g/mol. The lowest BCUT2D eigenvalue weighted by Gasteiger charge is -2.20. The Hall–Kier alpha value is -4.95. The number of aromatic carboxylic acids is 1. The Labute approximate surface area is 241 Å². The predicted octanol–water partition coefficient (Wildman–Crippen LogP) is 5.22. The van der Waals surface area contributed by atoms with E-state index in [1.54, 1.807) is 26.8 Å². The molecule has 1 aromatic carbocycles. The van der Waals surface area contributed by atoms with E-state index < -0.39 is 47.6 Å². The molecule has 0 atom stereocenters. The number of alkyl carbamates (subject to hydrolysis) is 1. The van der Waals surface area contributed by atoms with Gasteiger partial charge in [0, 0.05) is 54.2 Å². The minimum atomic E-state index is -4.79. The van der Waals surface area contributed by atoms with Crippen LogP contribution < -0.4 is 15.4 Å². The van der Waals surface area contributed by atoms with Gasteiger partial charge in [0.25, 0.3) is 0 Å². The van der Waals surface area contributed by atoms with Crippen LogP contribution in [0, 0.1) is 5.82 Å². The van der Waals surface area contributed by atoms with Crippen molar-refractivity contribution in [1.82, 2.24) is 24.7 Å². The number of carbonyl (C=O) groups is 2. The number of benzene rings is 1. The van der Waals surface area contributed by atoms with Crippen molar-refractivity contribution in [1.29, 1.82) is 0 Å². The molecule has 0 spiro atoms. The maximum atomic E-state index is 14.7. The molecule has 0 fully saturated rings. The number of pyridine rings is 1. The zero-order chi connectivity index (χ0) is 31.1. The summed E-state index contributed by atoms with van der Waals surface area (Å²) >= 11 is 0. The number of hydrogen-bond donors (Lipinski definition) is 3. The van der Waals surface area contributed by atoms with Crippen LogP contribution in [0.25, 0.3) is 16.6 Å². The number of amides is 1. The van der Waals surface area contributed by atoms with Crippen LogP contribution in [0.15, 0.2) is 36.9 Å². The number of aromatic nitrogens is 4. The maximum absolute atomic E-state index is 14.7.